The molecule has 0 amide bonds. The third-order valence-corrected chi connectivity index (χ3v) is 7.19. The maximum absolute atomic E-state index is 12.9. The van der Waals surface area contributed by atoms with Gasteiger partial charge in [0.1, 0.15) is 0 Å². The van der Waals surface area contributed by atoms with Crippen LogP contribution >= 0.6 is 15.9 Å². The van der Waals surface area contributed by atoms with E-state index in [2.05, 4.69) is 15.9 Å². The van der Waals surface area contributed by atoms with Gasteiger partial charge in [-0.05, 0) is 59.3 Å². The highest BCUT2D eigenvalue weighted by molar-refractivity contribution is 9.10. The zero-order valence-corrected chi connectivity index (χ0v) is 14.3. The molecule has 0 radical (unpaired) electrons. The van der Waals surface area contributed by atoms with Crippen LogP contribution in [0.25, 0.3) is 0 Å². The molecule has 1 aliphatic rings. The molecule has 1 fully saturated rings. The number of aryl methyl sites for hydroxylation is 1. The van der Waals surface area contributed by atoms with Crippen molar-refractivity contribution in [2.45, 2.75) is 50.6 Å². The van der Waals surface area contributed by atoms with Gasteiger partial charge in [-0.25, -0.2) is 8.42 Å². The van der Waals surface area contributed by atoms with Crippen molar-refractivity contribution >= 4 is 26.0 Å². The number of nitrogens with two attached hydrogens (primary N) is 1. The molecule has 0 saturated carbocycles. The van der Waals surface area contributed by atoms with Crippen LogP contribution in [0.15, 0.2) is 21.5 Å². The van der Waals surface area contributed by atoms with Crippen LogP contribution in [-0.2, 0) is 16.6 Å². The summed E-state index contributed by atoms with van der Waals surface area (Å²) >= 11 is 3.42. The van der Waals surface area contributed by atoms with Crippen LogP contribution in [0, 0.1) is 6.92 Å². The van der Waals surface area contributed by atoms with Gasteiger partial charge in [-0.3, -0.25) is 0 Å². The molecule has 1 unspecified atom stereocenters. The molecule has 1 saturated heterocycles. The normalized spacial score (nSPS) is 20.5. The minimum absolute atomic E-state index is 0.119. The fourth-order valence-electron chi connectivity index (χ4n) is 2.77. The van der Waals surface area contributed by atoms with Gasteiger partial charge in [0.05, 0.1) is 4.90 Å². The monoisotopic (exact) mass is 360 g/mol. The zero-order chi connectivity index (χ0) is 14.9. The summed E-state index contributed by atoms with van der Waals surface area (Å²) in [5, 5.41) is 0. The quantitative estimate of drug-likeness (QED) is 0.897. The van der Waals surface area contributed by atoms with E-state index in [-0.39, 0.29) is 6.04 Å². The second-order valence-corrected chi connectivity index (χ2v) is 7.90. The van der Waals surface area contributed by atoms with Crippen molar-refractivity contribution in [1.82, 2.24) is 4.31 Å². The molecule has 0 aromatic heterocycles. The van der Waals surface area contributed by atoms with Crippen LogP contribution in [0.4, 0.5) is 0 Å². The van der Waals surface area contributed by atoms with Crippen LogP contribution < -0.4 is 5.73 Å². The molecule has 1 aromatic rings. The van der Waals surface area contributed by atoms with Crippen LogP contribution in [0.5, 0.6) is 0 Å². The highest BCUT2D eigenvalue weighted by Crippen LogP contribution is 2.33. The summed E-state index contributed by atoms with van der Waals surface area (Å²) in [6, 6.07) is 3.73. The molecule has 1 heterocycles. The molecule has 1 aliphatic heterocycles. The minimum atomic E-state index is -3.45. The Morgan fingerprint density at radius 3 is 2.75 bits per heavy atom. The Morgan fingerprint density at radius 1 is 1.45 bits per heavy atom. The van der Waals surface area contributed by atoms with Crippen molar-refractivity contribution in [3.63, 3.8) is 0 Å². The topological polar surface area (TPSA) is 63.4 Å². The van der Waals surface area contributed by atoms with E-state index in [9.17, 15) is 8.42 Å². The lowest BCUT2D eigenvalue weighted by atomic mass is 10.1. The van der Waals surface area contributed by atoms with Crippen LogP contribution in [0.3, 0.4) is 0 Å². The molecule has 4 nitrogen and oxygen atoms in total. The lowest BCUT2D eigenvalue weighted by molar-refractivity contribution is 0.379. The average Bonchev–Trinajstić information content (AvgIpc) is 2.90. The first kappa shape index (κ1) is 15.9. The highest BCUT2D eigenvalue weighted by Gasteiger charge is 2.35. The van der Waals surface area contributed by atoms with Crippen LogP contribution in [0.1, 0.15) is 37.3 Å². The summed E-state index contributed by atoms with van der Waals surface area (Å²) in [4.78, 5) is 0.346. The fraction of sp³-hybridized carbons (Fsp3) is 0.571. The Morgan fingerprint density at radius 2 is 2.15 bits per heavy atom. The van der Waals surface area contributed by atoms with Gasteiger partial charge in [0, 0.05) is 23.6 Å². The smallest absolute Gasteiger partial charge is 0.244 e. The molecule has 2 N–H and O–H groups in total. The van der Waals surface area contributed by atoms with Crippen molar-refractivity contribution in [3.05, 3.63) is 27.7 Å². The van der Waals surface area contributed by atoms with E-state index >= 15 is 0 Å². The summed E-state index contributed by atoms with van der Waals surface area (Å²) in [7, 11) is -3.45. The maximum atomic E-state index is 12.9. The summed E-state index contributed by atoms with van der Waals surface area (Å²) in [5.74, 6) is 0. The number of nitrogens with zero attached hydrogens (tertiary/aromatic N) is 1. The van der Waals surface area contributed by atoms with Gasteiger partial charge in [0.25, 0.3) is 0 Å². The first-order chi connectivity index (χ1) is 9.41. The lowest BCUT2D eigenvalue weighted by Gasteiger charge is -2.24. The minimum Gasteiger partial charge on any atom is -0.326 e. The van der Waals surface area contributed by atoms with E-state index in [1.807, 2.05) is 19.9 Å². The maximum Gasteiger partial charge on any atom is 0.244 e. The standard InChI is InChI=1S/C14H21BrN2O2S/c1-3-12-5-4-6-17(12)20(18,19)13-8-11(9-16)7-10(2)14(13)15/h7-8,12H,3-6,9,16H2,1-2H3. The fourth-order valence-corrected chi connectivity index (χ4v) is 5.57. The first-order valence-corrected chi connectivity index (χ1v) is 9.16. The van der Waals surface area contributed by atoms with Gasteiger partial charge < -0.3 is 5.73 Å². The molecule has 6 heteroatoms. The van der Waals surface area contributed by atoms with Crippen molar-refractivity contribution in [1.29, 1.82) is 0 Å². The summed E-state index contributed by atoms with van der Waals surface area (Å²) in [5.41, 5.74) is 7.41. The number of benzene rings is 1. The SMILES string of the molecule is CCC1CCCN1S(=O)(=O)c1cc(CN)cc(C)c1Br. The van der Waals surface area contributed by atoms with Gasteiger partial charge in [-0.1, -0.05) is 13.0 Å². The molecule has 0 aliphatic carbocycles. The van der Waals surface area contributed by atoms with E-state index < -0.39 is 10.0 Å². The van der Waals surface area contributed by atoms with Gasteiger partial charge in [0.2, 0.25) is 10.0 Å². The number of sulfonamides is 1. The summed E-state index contributed by atoms with van der Waals surface area (Å²) < 4.78 is 28.1. The van der Waals surface area contributed by atoms with Crippen molar-refractivity contribution < 1.29 is 8.42 Å². The molecule has 0 spiro atoms. The van der Waals surface area contributed by atoms with E-state index in [0.29, 0.717) is 22.5 Å². The van der Waals surface area contributed by atoms with E-state index in [4.69, 9.17) is 5.73 Å². The third-order valence-electron chi connectivity index (χ3n) is 3.90. The van der Waals surface area contributed by atoms with Gasteiger partial charge in [-0.15, -0.1) is 0 Å². The zero-order valence-electron chi connectivity index (χ0n) is 11.9. The van der Waals surface area contributed by atoms with Crippen molar-refractivity contribution in [3.8, 4) is 0 Å². The Kier molecular flexibility index (Phi) is 4.89. The Labute approximate surface area is 129 Å². The Bertz CT molecular complexity index is 601. The highest BCUT2D eigenvalue weighted by atomic mass is 79.9. The van der Waals surface area contributed by atoms with Crippen LogP contribution in [0.2, 0.25) is 0 Å². The Hall–Kier alpha value is -0.430. The Balaban J connectivity index is 2.51. The van der Waals surface area contributed by atoms with E-state index in [0.717, 1.165) is 30.4 Å². The summed E-state index contributed by atoms with van der Waals surface area (Å²) in [6.07, 6.45) is 2.74. The van der Waals surface area contributed by atoms with Crippen molar-refractivity contribution in [2.75, 3.05) is 6.54 Å². The van der Waals surface area contributed by atoms with E-state index in [1.165, 1.54) is 0 Å². The second kappa shape index (κ2) is 6.13. The molecule has 20 heavy (non-hydrogen) atoms. The molecule has 0 bridgehead atoms. The molecule has 2 rings (SSSR count). The average molecular weight is 361 g/mol. The largest absolute Gasteiger partial charge is 0.326 e. The first-order valence-electron chi connectivity index (χ1n) is 6.92. The van der Waals surface area contributed by atoms with Gasteiger partial charge >= 0.3 is 0 Å². The third kappa shape index (κ3) is 2.79. The second-order valence-electron chi connectivity index (χ2n) is 5.25. The number of hydrogen-bond donors (Lipinski definition) is 1. The molecule has 1 atom stereocenters. The lowest BCUT2D eigenvalue weighted by Crippen LogP contribution is -2.35. The molecule has 1 aromatic carbocycles. The summed E-state index contributed by atoms with van der Waals surface area (Å²) in [6.45, 7) is 4.88. The van der Waals surface area contributed by atoms with Gasteiger partial charge in [-0.2, -0.15) is 4.31 Å². The predicted octanol–water partition coefficient (Wildman–Crippen LogP) is 2.78. The molecule has 112 valence electrons. The number of rotatable bonds is 4. The number of hydrogen-bond acceptors (Lipinski definition) is 3. The van der Waals surface area contributed by atoms with Gasteiger partial charge in [0.15, 0.2) is 0 Å². The van der Waals surface area contributed by atoms with E-state index in [1.54, 1.807) is 10.4 Å². The predicted molar refractivity (Wildman–Crippen MR) is 84.0 cm³/mol. The molecular weight excluding hydrogens is 340 g/mol. The van der Waals surface area contributed by atoms with Crippen LogP contribution in [-0.4, -0.2) is 25.3 Å². The number of halogens is 1. The van der Waals surface area contributed by atoms with Crippen molar-refractivity contribution in [2.24, 2.45) is 5.73 Å². The molecular formula is C14H21BrN2O2S.